The van der Waals surface area contributed by atoms with Crippen LogP contribution in [0.1, 0.15) is 40.0 Å². The number of piperidine rings is 1. The van der Waals surface area contributed by atoms with E-state index in [1.165, 1.54) is 9.80 Å². The molecule has 0 aromatic carbocycles. The van der Waals surface area contributed by atoms with Crippen LogP contribution in [-0.2, 0) is 4.74 Å². The molecule has 9 nitrogen and oxygen atoms in total. The van der Waals surface area contributed by atoms with Crippen molar-refractivity contribution in [3.8, 4) is 0 Å². The van der Waals surface area contributed by atoms with Gasteiger partial charge in [-0.05, 0) is 40.0 Å². The van der Waals surface area contributed by atoms with Crippen LogP contribution in [0.4, 0.5) is 31.9 Å². The summed E-state index contributed by atoms with van der Waals surface area (Å²) in [4.78, 5) is 42.8. The number of piperazine rings is 1. The van der Waals surface area contributed by atoms with Crippen molar-refractivity contribution < 1.29 is 36.7 Å². The molecule has 4 aliphatic rings. The van der Waals surface area contributed by atoms with Gasteiger partial charge in [0.15, 0.2) is 0 Å². The second-order valence-corrected chi connectivity index (χ2v) is 10.3. The largest absolute Gasteiger partial charge is 0.444 e. The van der Waals surface area contributed by atoms with E-state index in [0.29, 0.717) is 26.2 Å². The Morgan fingerprint density at radius 3 is 1.91 bits per heavy atom. The molecule has 4 fully saturated rings. The van der Waals surface area contributed by atoms with E-state index >= 15 is 0 Å². The number of hydrogen-bond donors (Lipinski definition) is 0. The summed E-state index contributed by atoms with van der Waals surface area (Å²) >= 11 is 0. The molecular weight excluding hydrogens is 474 g/mol. The lowest BCUT2D eigenvalue weighted by Crippen LogP contribution is -2.54. The number of halogens is 4. The van der Waals surface area contributed by atoms with E-state index < -0.39 is 37.6 Å². The fraction of sp³-hybridized carbons (Fsp3) is 0.864. The van der Waals surface area contributed by atoms with Gasteiger partial charge in [-0.15, -0.1) is 0 Å². The number of carbonyl (C=O) groups excluding carboxylic acids is 3. The highest BCUT2D eigenvalue weighted by Gasteiger charge is 2.43. The minimum atomic E-state index is -2.54. The molecule has 4 rings (SSSR count). The summed E-state index contributed by atoms with van der Waals surface area (Å²) in [7, 11) is 0. The summed E-state index contributed by atoms with van der Waals surface area (Å²) < 4.78 is 54.4. The normalized spacial score (nSPS) is 24.7. The van der Waals surface area contributed by atoms with Crippen molar-refractivity contribution in [2.24, 2.45) is 0 Å². The van der Waals surface area contributed by atoms with Gasteiger partial charge >= 0.3 is 18.2 Å². The molecule has 200 valence electrons. The second kappa shape index (κ2) is 11.1. The molecule has 5 amide bonds. The second-order valence-electron chi connectivity index (χ2n) is 10.3. The van der Waals surface area contributed by atoms with Crippen molar-refractivity contribution in [3.05, 3.63) is 0 Å². The molecule has 0 N–H and O–H groups in total. The first kappa shape index (κ1) is 27.1. The molecule has 0 radical (unpaired) electrons. The van der Waals surface area contributed by atoms with Gasteiger partial charge in [-0.25, -0.2) is 31.9 Å². The van der Waals surface area contributed by atoms with E-state index in [1.807, 2.05) is 0 Å². The molecule has 13 heteroatoms. The Labute approximate surface area is 202 Å². The van der Waals surface area contributed by atoms with Gasteiger partial charge in [-0.2, -0.15) is 0 Å². The minimum Gasteiger partial charge on any atom is -0.444 e. The first-order valence-electron chi connectivity index (χ1n) is 12.0. The number of amides is 5. The third kappa shape index (κ3) is 7.03. The highest BCUT2D eigenvalue weighted by atomic mass is 19.3. The SMILES string of the molecule is CC(C)(C)OC(=O)N1CCN2C(=O)N(CC(F)F)CC2C1.O=C1N(CC(F)F)CC2CCCCN12. The Morgan fingerprint density at radius 1 is 0.857 bits per heavy atom. The monoisotopic (exact) mass is 509 g/mol. The molecule has 0 aromatic heterocycles. The van der Waals surface area contributed by atoms with E-state index in [0.717, 1.165) is 30.7 Å². The highest BCUT2D eigenvalue weighted by molar-refractivity contribution is 5.78. The molecule has 2 unspecified atom stereocenters. The number of fused-ring (bicyclic) bond motifs is 2. The number of alkyl halides is 4. The van der Waals surface area contributed by atoms with Gasteiger partial charge in [0, 0.05) is 39.3 Å². The first-order valence-corrected chi connectivity index (χ1v) is 12.0. The molecule has 0 aliphatic carbocycles. The summed E-state index contributed by atoms with van der Waals surface area (Å²) in [5.41, 5.74) is -0.582. The molecule has 0 bridgehead atoms. The zero-order chi connectivity index (χ0) is 25.9. The summed E-state index contributed by atoms with van der Waals surface area (Å²) in [6, 6.07) is -0.619. The van der Waals surface area contributed by atoms with Crippen LogP contribution in [0.3, 0.4) is 0 Å². The first-order chi connectivity index (χ1) is 16.4. The Kier molecular flexibility index (Phi) is 8.58. The summed E-state index contributed by atoms with van der Waals surface area (Å²) in [5, 5.41) is 0. The highest BCUT2D eigenvalue weighted by Crippen LogP contribution is 2.26. The van der Waals surface area contributed by atoms with Crippen LogP contribution >= 0.6 is 0 Å². The van der Waals surface area contributed by atoms with Crippen LogP contribution in [0, 0.1) is 0 Å². The molecule has 0 saturated carbocycles. The lowest BCUT2D eigenvalue weighted by molar-refractivity contribution is 0.0127. The molecule has 4 heterocycles. The summed E-state index contributed by atoms with van der Waals surface area (Å²) in [6.45, 7) is 6.86. The molecule has 4 saturated heterocycles. The van der Waals surface area contributed by atoms with Gasteiger partial charge in [-0.3, -0.25) is 0 Å². The average molecular weight is 510 g/mol. The van der Waals surface area contributed by atoms with Crippen molar-refractivity contribution in [3.63, 3.8) is 0 Å². The van der Waals surface area contributed by atoms with Crippen LogP contribution < -0.4 is 0 Å². The smallest absolute Gasteiger partial charge is 0.410 e. The fourth-order valence-corrected chi connectivity index (χ4v) is 4.86. The third-order valence-corrected chi connectivity index (χ3v) is 6.37. The zero-order valence-electron chi connectivity index (χ0n) is 20.5. The Hall–Kier alpha value is -2.47. The van der Waals surface area contributed by atoms with Gasteiger partial charge in [0.1, 0.15) is 5.60 Å². The number of nitrogens with zero attached hydrogens (tertiary/aromatic N) is 5. The minimum absolute atomic E-state index is 0.190. The molecule has 4 aliphatic heterocycles. The lowest BCUT2D eigenvalue weighted by atomic mass is 10.0. The number of urea groups is 2. The number of rotatable bonds is 4. The van der Waals surface area contributed by atoms with E-state index in [1.54, 1.807) is 30.6 Å². The van der Waals surface area contributed by atoms with Crippen LogP contribution in [-0.4, -0.2) is 126 Å². The average Bonchev–Trinajstić information content (AvgIpc) is 3.23. The number of hydrogen-bond acceptors (Lipinski definition) is 4. The molecule has 0 spiro atoms. The van der Waals surface area contributed by atoms with Gasteiger partial charge in [0.05, 0.1) is 25.2 Å². The quantitative estimate of drug-likeness (QED) is 0.546. The van der Waals surface area contributed by atoms with Gasteiger partial charge in [0.2, 0.25) is 0 Å². The van der Waals surface area contributed by atoms with Crippen molar-refractivity contribution in [2.75, 3.05) is 52.4 Å². The molecule has 35 heavy (non-hydrogen) atoms. The Morgan fingerprint density at radius 2 is 1.40 bits per heavy atom. The topological polar surface area (TPSA) is 76.6 Å². The van der Waals surface area contributed by atoms with Gasteiger partial charge in [-0.1, -0.05) is 0 Å². The van der Waals surface area contributed by atoms with Gasteiger partial charge in [0.25, 0.3) is 12.9 Å². The van der Waals surface area contributed by atoms with Crippen LogP contribution in [0.25, 0.3) is 0 Å². The van der Waals surface area contributed by atoms with Gasteiger partial charge < -0.3 is 29.2 Å². The zero-order valence-corrected chi connectivity index (χ0v) is 20.5. The Balaban J connectivity index is 0.000000211. The predicted octanol–water partition coefficient (Wildman–Crippen LogP) is 3.15. The lowest BCUT2D eigenvalue weighted by Gasteiger charge is -2.37. The van der Waals surface area contributed by atoms with Crippen molar-refractivity contribution in [1.82, 2.24) is 24.5 Å². The summed E-state index contributed by atoms with van der Waals surface area (Å²) in [6.07, 6.45) is -2.31. The van der Waals surface area contributed by atoms with Crippen LogP contribution in [0.5, 0.6) is 0 Å². The summed E-state index contributed by atoms with van der Waals surface area (Å²) in [5.74, 6) is 0. The Bertz CT molecular complexity index is 781. The predicted molar refractivity (Wildman–Crippen MR) is 119 cm³/mol. The maximum Gasteiger partial charge on any atom is 0.410 e. The fourth-order valence-electron chi connectivity index (χ4n) is 4.86. The van der Waals surface area contributed by atoms with Crippen molar-refractivity contribution in [2.45, 2.75) is 70.6 Å². The van der Waals surface area contributed by atoms with Crippen molar-refractivity contribution >= 4 is 18.2 Å². The number of ether oxygens (including phenoxy) is 1. The van der Waals surface area contributed by atoms with E-state index in [9.17, 15) is 31.9 Å². The third-order valence-electron chi connectivity index (χ3n) is 6.37. The molecule has 2 atom stereocenters. The van der Waals surface area contributed by atoms with E-state index in [4.69, 9.17) is 4.74 Å². The maximum absolute atomic E-state index is 12.4. The molecule has 0 aromatic rings. The van der Waals surface area contributed by atoms with Crippen LogP contribution in [0.15, 0.2) is 0 Å². The van der Waals surface area contributed by atoms with Crippen LogP contribution in [0.2, 0.25) is 0 Å². The maximum atomic E-state index is 12.4. The van der Waals surface area contributed by atoms with Crippen molar-refractivity contribution in [1.29, 1.82) is 0 Å². The van der Waals surface area contributed by atoms with E-state index in [-0.39, 0.29) is 30.7 Å². The standard InChI is InChI=1S/C13H21F2N3O3.C9H14F2N2O/c1-13(2,3)21-12(20)16-4-5-18-9(6-16)7-17(11(18)19)8-10(14)15;10-8(11)6-12-5-7-3-1-2-4-13(7)9(12)14/h9-10H,4-8H2,1-3H3;7-8H,1-6H2. The molecular formula is C22H35F4N5O4. The van der Waals surface area contributed by atoms with E-state index in [2.05, 4.69) is 0 Å². The number of carbonyl (C=O) groups is 3.